The molecule has 2 atom stereocenters. The number of hydrogen-bond acceptors (Lipinski definition) is 5. The number of amides is 1. The van der Waals surface area contributed by atoms with Crippen LogP contribution in [0.25, 0.3) is 11.4 Å². The number of rotatable bonds is 3. The third kappa shape index (κ3) is 2.47. The summed E-state index contributed by atoms with van der Waals surface area (Å²) in [6.07, 6.45) is 9.81. The zero-order chi connectivity index (χ0) is 16.6. The van der Waals surface area contributed by atoms with Crippen LogP contribution < -0.4 is 0 Å². The first-order valence-electron chi connectivity index (χ1n) is 8.34. The van der Waals surface area contributed by atoms with Gasteiger partial charge < -0.3 is 10.0 Å². The normalized spacial score (nSPS) is 25.7. The van der Waals surface area contributed by atoms with Crippen LogP contribution in [0.15, 0.2) is 36.9 Å². The van der Waals surface area contributed by atoms with E-state index in [1.54, 1.807) is 24.8 Å². The maximum atomic E-state index is 12.7. The summed E-state index contributed by atoms with van der Waals surface area (Å²) in [5, 5.41) is 9.79. The molecule has 1 aliphatic carbocycles. The fourth-order valence-electron chi connectivity index (χ4n) is 4.10. The van der Waals surface area contributed by atoms with Crippen molar-refractivity contribution in [1.82, 2.24) is 19.9 Å². The van der Waals surface area contributed by atoms with E-state index in [9.17, 15) is 9.90 Å². The number of fused-ring (bicyclic) bond motifs is 1. The zero-order valence-electron chi connectivity index (χ0n) is 13.4. The molecule has 4 rings (SSSR count). The Bertz CT molecular complexity index is 734. The number of nitrogens with zero attached hydrogens (tertiary/aromatic N) is 4. The van der Waals surface area contributed by atoms with Crippen molar-refractivity contribution < 1.29 is 9.90 Å². The first-order valence-corrected chi connectivity index (χ1v) is 8.34. The molecule has 1 amide bonds. The second-order valence-corrected chi connectivity index (χ2v) is 6.83. The average molecular weight is 324 g/mol. The lowest BCUT2D eigenvalue weighted by molar-refractivity contribution is 0.0733. The molecule has 1 N–H and O–H groups in total. The maximum Gasteiger partial charge on any atom is 0.257 e. The van der Waals surface area contributed by atoms with Gasteiger partial charge in [0, 0.05) is 48.9 Å². The second-order valence-electron chi connectivity index (χ2n) is 6.83. The van der Waals surface area contributed by atoms with E-state index in [0.29, 0.717) is 23.9 Å². The molecule has 0 radical (unpaired) electrons. The van der Waals surface area contributed by atoms with Gasteiger partial charge in [0.05, 0.1) is 12.2 Å². The lowest BCUT2D eigenvalue weighted by Gasteiger charge is -2.25. The first-order chi connectivity index (χ1) is 11.7. The average Bonchev–Trinajstić information content (AvgIpc) is 3.19. The summed E-state index contributed by atoms with van der Waals surface area (Å²) in [7, 11) is 0. The molecule has 24 heavy (non-hydrogen) atoms. The lowest BCUT2D eigenvalue weighted by Crippen LogP contribution is -2.34. The van der Waals surface area contributed by atoms with Crippen molar-refractivity contribution in [3.63, 3.8) is 0 Å². The number of hydrogen-bond donors (Lipinski definition) is 1. The Morgan fingerprint density at radius 3 is 2.71 bits per heavy atom. The van der Waals surface area contributed by atoms with Gasteiger partial charge in [-0.3, -0.25) is 9.78 Å². The third-order valence-electron chi connectivity index (χ3n) is 5.48. The SMILES string of the molecule is O=C(c1cnc(-c2ccncc2)nc1)N1C[C@@H]2CCC[C@]2(CO)C1. The van der Waals surface area contributed by atoms with Gasteiger partial charge >= 0.3 is 0 Å². The van der Waals surface area contributed by atoms with Gasteiger partial charge in [-0.05, 0) is 30.9 Å². The molecule has 6 nitrogen and oxygen atoms in total. The van der Waals surface area contributed by atoms with Crippen molar-refractivity contribution in [3.8, 4) is 11.4 Å². The molecule has 6 heteroatoms. The number of aliphatic hydroxyl groups is 1. The molecule has 0 spiro atoms. The van der Waals surface area contributed by atoms with Crippen LogP contribution in [0, 0.1) is 11.3 Å². The topological polar surface area (TPSA) is 79.2 Å². The van der Waals surface area contributed by atoms with Crippen LogP contribution in [0.2, 0.25) is 0 Å². The molecule has 0 aromatic carbocycles. The molecule has 0 unspecified atom stereocenters. The summed E-state index contributed by atoms with van der Waals surface area (Å²) >= 11 is 0. The van der Waals surface area contributed by atoms with Crippen LogP contribution in [0.4, 0.5) is 0 Å². The van der Waals surface area contributed by atoms with Gasteiger partial charge in [0.2, 0.25) is 0 Å². The Morgan fingerprint density at radius 1 is 1.29 bits per heavy atom. The predicted molar refractivity (Wildman–Crippen MR) is 88.0 cm³/mol. The molecule has 124 valence electrons. The number of carbonyl (C=O) groups is 1. The molecule has 2 fully saturated rings. The van der Waals surface area contributed by atoms with E-state index in [0.717, 1.165) is 31.4 Å². The molecular weight excluding hydrogens is 304 g/mol. The number of likely N-dealkylation sites (tertiary alicyclic amines) is 1. The van der Waals surface area contributed by atoms with Gasteiger partial charge in [-0.15, -0.1) is 0 Å². The smallest absolute Gasteiger partial charge is 0.257 e. The Kier molecular flexibility index (Phi) is 3.76. The highest BCUT2D eigenvalue weighted by Gasteiger charge is 2.50. The van der Waals surface area contributed by atoms with Gasteiger partial charge in [-0.25, -0.2) is 9.97 Å². The molecule has 1 aliphatic heterocycles. The predicted octanol–water partition coefficient (Wildman–Crippen LogP) is 1.77. The number of pyridine rings is 1. The van der Waals surface area contributed by atoms with E-state index in [-0.39, 0.29) is 17.9 Å². The van der Waals surface area contributed by atoms with Crippen molar-refractivity contribution in [1.29, 1.82) is 0 Å². The maximum absolute atomic E-state index is 12.7. The highest BCUT2D eigenvalue weighted by atomic mass is 16.3. The van der Waals surface area contributed by atoms with Crippen molar-refractivity contribution in [2.45, 2.75) is 19.3 Å². The van der Waals surface area contributed by atoms with E-state index >= 15 is 0 Å². The summed E-state index contributed by atoms with van der Waals surface area (Å²) in [6, 6.07) is 3.67. The van der Waals surface area contributed by atoms with E-state index in [1.165, 1.54) is 0 Å². The number of aromatic nitrogens is 3. The Balaban J connectivity index is 1.51. The fraction of sp³-hybridized carbons (Fsp3) is 0.444. The molecular formula is C18H20N4O2. The Labute approximate surface area is 140 Å². The third-order valence-corrected chi connectivity index (χ3v) is 5.48. The summed E-state index contributed by atoms with van der Waals surface area (Å²) < 4.78 is 0. The van der Waals surface area contributed by atoms with Crippen molar-refractivity contribution in [2.75, 3.05) is 19.7 Å². The minimum Gasteiger partial charge on any atom is -0.396 e. The molecule has 1 saturated heterocycles. The van der Waals surface area contributed by atoms with E-state index in [4.69, 9.17) is 0 Å². The molecule has 2 aromatic rings. The Morgan fingerprint density at radius 2 is 2.04 bits per heavy atom. The first kappa shape index (κ1) is 15.2. The van der Waals surface area contributed by atoms with Crippen LogP contribution in [0.3, 0.4) is 0 Å². The summed E-state index contributed by atoms with van der Waals surface area (Å²) in [5.41, 5.74) is 1.29. The highest BCUT2D eigenvalue weighted by Crippen LogP contribution is 2.48. The molecule has 2 aliphatic rings. The molecule has 3 heterocycles. The lowest BCUT2D eigenvalue weighted by atomic mass is 9.82. The van der Waals surface area contributed by atoms with Gasteiger partial charge in [-0.1, -0.05) is 6.42 Å². The summed E-state index contributed by atoms with van der Waals surface area (Å²) in [4.78, 5) is 27.2. The van der Waals surface area contributed by atoms with Gasteiger partial charge in [0.1, 0.15) is 0 Å². The summed E-state index contributed by atoms with van der Waals surface area (Å²) in [6.45, 7) is 1.53. The quantitative estimate of drug-likeness (QED) is 0.931. The number of aliphatic hydroxyl groups excluding tert-OH is 1. The van der Waals surface area contributed by atoms with Gasteiger partial charge in [0.25, 0.3) is 5.91 Å². The number of carbonyl (C=O) groups excluding carboxylic acids is 1. The minimum absolute atomic E-state index is 0.0431. The molecule has 1 saturated carbocycles. The van der Waals surface area contributed by atoms with E-state index in [1.807, 2.05) is 17.0 Å². The molecule has 0 bridgehead atoms. The van der Waals surface area contributed by atoms with Crippen LogP contribution in [-0.2, 0) is 0 Å². The van der Waals surface area contributed by atoms with Crippen LogP contribution in [0.1, 0.15) is 29.6 Å². The molecule has 2 aromatic heterocycles. The minimum atomic E-state index is -0.0898. The monoisotopic (exact) mass is 324 g/mol. The highest BCUT2D eigenvalue weighted by molar-refractivity contribution is 5.94. The van der Waals surface area contributed by atoms with Crippen molar-refractivity contribution in [3.05, 3.63) is 42.5 Å². The van der Waals surface area contributed by atoms with Gasteiger partial charge in [-0.2, -0.15) is 0 Å². The van der Waals surface area contributed by atoms with Crippen molar-refractivity contribution >= 4 is 5.91 Å². The second kappa shape index (κ2) is 5.94. The van der Waals surface area contributed by atoms with Gasteiger partial charge in [0.15, 0.2) is 5.82 Å². The van der Waals surface area contributed by atoms with Crippen molar-refractivity contribution in [2.24, 2.45) is 11.3 Å². The van der Waals surface area contributed by atoms with Crippen LogP contribution in [0.5, 0.6) is 0 Å². The zero-order valence-corrected chi connectivity index (χ0v) is 13.4. The summed E-state index contributed by atoms with van der Waals surface area (Å²) in [5.74, 6) is 0.959. The van der Waals surface area contributed by atoms with E-state index in [2.05, 4.69) is 15.0 Å². The fourth-order valence-corrected chi connectivity index (χ4v) is 4.10. The largest absolute Gasteiger partial charge is 0.396 e. The van der Waals surface area contributed by atoms with E-state index < -0.39 is 0 Å². The van der Waals surface area contributed by atoms with Crippen LogP contribution >= 0.6 is 0 Å². The Hall–Kier alpha value is -2.34. The standard InChI is InChI=1S/C18H20N4O2/c23-12-18-5-1-2-15(18)10-22(11-18)17(24)14-8-20-16(21-9-14)13-3-6-19-7-4-13/h3-4,6-9,15,23H,1-2,5,10-12H2/t15-,18+/m0/s1. The van der Waals surface area contributed by atoms with Crippen LogP contribution in [-0.4, -0.2) is 50.6 Å².